The molecular weight excluding hydrogens is 504 g/mol. The summed E-state index contributed by atoms with van der Waals surface area (Å²) in [7, 11) is 0. The van der Waals surface area contributed by atoms with Crippen molar-refractivity contribution < 1.29 is 4.42 Å². The average molecular weight is 531 g/mol. The molecule has 0 aliphatic carbocycles. The van der Waals surface area contributed by atoms with E-state index < -0.39 is 0 Å². The molecule has 0 amide bonds. The van der Waals surface area contributed by atoms with E-state index in [-0.39, 0.29) is 12.3 Å². The summed E-state index contributed by atoms with van der Waals surface area (Å²) in [5.74, 6) is 1.49. The number of hydrogen-bond acceptors (Lipinski definition) is 5. The molecule has 8 rings (SSSR count). The molecule has 7 aromatic rings. The van der Waals surface area contributed by atoms with Crippen molar-refractivity contribution in [3.8, 4) is 11.5 Å². The number of hydrogen-bond donors (Lipinski definition) is 2. The van der Waals surface area contributed by atoms with Crippen molar-refractivity contribution in [3.05, 3.63) is 150 Å². The lowest BCUT2D eigenvalue weighted by atomic mass is 10.0. The molecular formula is C36H26N4O. The first-order valence-corrected chi connectivity index (χ1v) is 13.8. The van der Waals surface area contributed by atoms with E-state index in [1.165, 1.54) is 10.8 Å². The van der Waals surface area contributed by atoms with Gasteiger partial charge in [0.05, 0.1) is 0 Å². The lowest BCUT2D eigenvalue weighted by Crippen LogP contribution is -2.44. The van der Waals surface area contributed by atoms with Crippen molar-refractivity contribution in [2.45, 2.75) is 12.3 Å². The van der Waals surface area contributed by atoms with Gasteiger partial charge in [-0.2, -0.15) is 0 Å². The molecule has 5 nitrogen and oxygen atoms in total. The van der Waals surface area contributed by atoms with Crippen molar-refractivity contribution in [3.63, 3.8) is 0 Å². The van der Waals surface area contributed by atoms with E-state index in [2.05, 4.69) is 89.5 Å². The molecule has 2 unspecified atom stereocenters. The largest absolute Gasteiger partial charge is 0.436 e. The van der Waals surface area contributed by atoms with Crippen LogP contribution in [0.1, 0.15) is 29.0 Å². The fraction of sp³-hybridized carbons (Fsp3) is 0.0556. The van der Waals surface area contributed by atoms with Crippen LogP contribution >= 0.6 is 0 Å². The van der Waals surface area contributed by atoms with E-state index >= 15 is 0 Å². The summed E-state index contributed by atoms with van der Waals surface area (Å²) in [5, 5.41) is 12.0. The Hall–Kier alpha value is -5.26. The molecule has 1 aliphatic rings. The van der Waals surface area contributed by atoms with Crippen LogP contribution in [0.4, 0.5) is 0 Å². The second-order valence-corrected chi connectivity index (χ2v) is 10.4. The zero-order valence-corrected chi connectivity index (χ0v) is 22.2. The highest BCUT2D eigenvalue weighted by atomic mass is 16.3. The van der Waals surface area contributed by atoms with E-state index in [4.69, 9.17) is 14.4 Å². The Morgan fingerprint density at radius 1 is 0.585 bits per heavy atom. The van der Waals surface area contributed by atoms with Gasteiger partial charge in [-0.1, -0.05) is 103 Å². The minimum absolute atomic E-state index is 0.167. The minimum atomic E-state index is -0.218. The lowest BCUT2D eigenvalue weighted by molar-refractivity contribution is 0.409. The van der Waals surface area contributed by atoms with Gasteiger partial charge < -0.3 is 9.73 Å². The number of fused-ring (bicyclic) bond motifs is 4. The predicted molar refractivity (Wildman–Crippen MR) is 166 cm³/mol. The molecule has 2 heterocycles. The lowest BCUT2D eigenvalue weighted by Gasteiger charge is -2.32. The van der Waals surface area contributed by atoms with Gasteiger partial charge in [-0.25, -0.2) is 9.98 Å². The topological polar surface area (TPSA) is 62.5 Å². The highest BCUT2D eigenvalue weighted by Crippen LogP contribution is 2.33. The molecule has 0 fully saturated rings. The molecule has 41 heavy (non-hydrogen) atoms. The number of nitrogens with zero attached hydrogens (tertiary/aromatic N) is 2. The van der Waals surface area contributed by atoms with E-state index in [0.717, 1.165) is 50.0 Å². The third-order valence-corrected chi connectivity index (χ3v) is 7.75. The molecule has 0 spiro atoms. The highest BCUT2D eigenvalue weighted by Gasteiger charge is 2.26. The highest BCUT2D eigenvalue weighted by molar-refractivity contribution is 6.04. The van der Waals surface area contributed by atoms with Crippen LogP contribution in [0.3, 0.4) is 0 Å². The number of amidine groups is 1. The Morgan fingerprint density at radius 2 is 1.27 bits per heavy atom. The molecule has 1 aromatic heterocycles. The molecule has 5 heteroatoms. The number of nitrogens with one attached hydrogen (secondary N) is 2. The van der Waals surface area contributed by atoms with Gasteiger partial charge in [0.2, 0.25) is 5.89 Å². The van der Waals surface area contributed by atoms with E-state index in [0.29, 0.717) is 5.89 Å². The molecule has 0 saturated carbocycles. The van der Waals surface area contributed by atoms with Crippen molar-refractivity contribution in [2.24, 2.45) is 4.99 Å². The van der Waals surface area contributed by atoms with Gasteiger partial charge in [-0.3, -0.25) is 5.32 Å². The molecule has 2 N–H and O–H groups in total. The van der Waals surface area contributed by atoms with E-state index in [9.17, 15) is 0 Å². The first-order chi connectivity index (χ1) is 20.3. The van der Waals surface area contributed by atoms with E-state index in [1.807, 2.05) is 54.6 Å². The summed E-state index contributed by atoms with van der Waals surface area (Å²) in [5.41, 5.74) is 5.88. The van der Waals surface area contributed by atoms with Gasteiger partial charge in [0.25, 0.3) is 0 Å². The summed E-state index contributed by atoms with van der Waals surface area (Å²) in [6, 6.07) is 46.0. The fourth-order valence-electron chi connectivity index (χ4n) is 5.63. The Morgan fingerprint density at radius 3 is 2.10 bits per heavy atom. The van der Waals surface area contributed by atoms with Crippen LogP contribution in [-0.2, 0) is 0 Å². The van der Waals surface area contributed by atoms with Crippen LogP contribution in [0.25, 0.3) is 44.1 Å². The van der Waals surface area contributed by atoms with Gasteiger partial charge in [0.15, 0.2) is 5.58 Å². The SMILES string of the molecule is c1ccc(C2=NC(c3ccc4ccccc4c3)NC(c3ccc4ccc5oc(-c6ccccc6)nc5c4c3)N2)cc1. The first-order valence-electron chi connectivity index (χ1n) is 13.8. The molecule has 2 atom stereocenters. The summed E-state index contributed by atoms with van der Waals surface area (Å²) < 4.78 is 6.17. The van der Waals surface area contributed by atoms with Crippen molar-refractivity contribution >= 4 is 38.5 Å². The summed E-state index contributed by atoms with van der Waals surface area (Å²) in [6.07, 6.45) is -0.386. The average Bonchev–Trinajstić information content (AvgIpc) is 3.50. The molecule has 0 saturated heterocycles. The maximum Gasteiger partial charge on any atom is 0.227 e. The van der Waals surface area contributed by atoms with Crippen LogP contribution in [0.15, 0.2) is 143 Å². The second-order valence-electron chi connectivity index (χ2n) is 10.4. The predicted octanol–water partition coefficient (Wildman–Crippen LogP) is 8.14. The number of rotatable bonds is 4. The zero-order valence-electron chi connectivity index (χ0n) is 22.2. The Bertz CT molecular complexity index is 2060. The zero-order chi connectivity index (χ0) is 27.2. The van der Waals surface area contributed by atoms with Crippen LogP contribution in [-0.4, -0.2) is 10.8 Å². The standard InChI is InChI=1S/C36H26N4O/c1-3-10-25(11-4-1)33-38-34(28-17-15-23-9-7-8-14-27(23)21-28)40-35(39-33)29-18-16-24-19-20-31-32(30(24)22-29)37-36(41-31)26-12-5-2-6-13-26/h1-22,34-35,40H,(H,38,39). The molecule has 196 valence electrons. The first kappa shape index (κ1) is 23.6. The minimum Gasteiger partial charge on any atom is -0.436 e. The third-order valence-electron chi connectivity index (χ3n) is 7.75. The summed E-state index contributed by atoms with van der Waals surface area (Å²) in [6.45, 7) is 0. The normalized spacial score (nSPS) is 17.0. The third kappa shape index (κ3) is 4.33. The second kappa shape index (κ2) is 9.73. The smallest absolute Gasteiger partial charge is 0.227 e. The Balaban J connectivity index is 1.22. The van der Waals surface area contributed by atoms with Crippen LogP contribution < -0.4 is 10.6 Å². The van der Waals surface area contributed by atoms with Gasteiger partial charge in [0.1, 0.15) is 23.7 Å². The number of aliphatic imine (C=N–C) groups is 1. The summed E-state index contributed by atoms with van der Waals surface area (Å²) >= 11 is 0. The van der Waals surface area contributed by atoms with E-state index in [1.54, 1.807) is 0 Å². The number of aromatic nitrogens is 1. The van der Waals surface area contributed by atoms with Crippen molar-refractivity contribution in [1.82, 2.24) is 15.6 Å². The number of benzene rings is 6. The Labute approximate surface area is 237 Å². The quantitative estimate of drug-likeness (QED) is 0.241. The maximum atomic E-state index is 6.17. The Kier molecular flexibility index (Phi) is 5.61. The van der Waals surface area contributed by atoms with Crippen LogP contribution in [0.5, 0.6) is 0 Å². The van der Waals surface area contributed by atoms with Gasteiger partial charge in [-0.15, -0.1) is 0 Å². The van der Waals surface area contributed by atoms with Crippen LogP contribution in [0, 0.1) is 0 Å². The monoisotopic (exact) mass is 530 g/mol. The van der Waals surface area contributed by atoms with Gasteiger partial charge in [0, 0.05) is 16.5 Å². The number of oxazole rings is 1. The molecule has 6 aromatic carbocycles. The van der Waals surface area contributed by atoms with Crippen LogP contribution in [0.2, 0.25) is 0 Å². The molecule has 0 bridgehead atoms. The van der Waals surface area contributed by atoms with Gasteiger partial charge in [-0.05, 0) is 57.6 Å². The van der Waals surface area contributed by atoms with Gasteiger partial charge >= 0.3 is 0 Å². The maximum absolute atomic E-state index is 6.17. The summed E-state index contributed by atoms with van der Waals surface area (Å²) in [4.78, 5) is 10.0. The molecule has 1 aliphatic heterocycles. The fourth-order valence-corrected chi connectivity index (χ4v) is 5.63. The molecule has 0 radical (unpaired) electrons. The van der Waals surface area contributed by atoms with Crippen molar-refractivity contribution in [1.29, 1.82) is 0 Å². The van der Waals surface area contributed by atoms with Crippen molar-refractivity contribution in [2.75, 3.05) is 0 Å².